The minimum Gasteiger partial charge on any atom is -0.462 e. The Hall–Kier alpha value is -2.47. The van der Waals surface area contributed by atoms with Crippen LogP contribution >= 0.6 is 0 Å². The summed E-state index contributed by atoms with van der Waals surface area (Å²) in [4.78, 5) is 19.9. The van der Waals surface area contributed by atoms with Crippen molar-refractivity contribution < 1.29 is 19.0 Å². The molecular weight excluding hydrogens is 359 g/mol. The number of halogens is 1. The van der Waals surface area contributed by atoms with Gasteiger partial charge in [-0.3, -0.25) is 0 Å². The first-order valence-corrected chi connectivity index (χ1v) is 9.83. The quantitative estimate of drug-likeness (QED) is 0.751. The summed E-state index contributed by atoms with van der Waals surface area (Å²) in [6.45, 7) is 7.38. The normalized spacial score (nSPS) is 14.0. The Bertz CT molecular complexity index is 844. The Morgan fingerprint density at radius 2 is 1.89 bits per heavy atom. The number of hydrogen-bond donors (Lipinski definition) is 1. The molecule has 0 amide bonds. The van der Waals surface area contributed by atoms with Crippen molar-refractivity contribution in [3.63, 3.8) is 0 Å². The number of benzene rings is 1. The number of hydrogen-bond acceptors (Lipinski definition) is 5. The third-order valence-corrected chi connectivity index (χ3v) is 5.03. The third kappa shape index (κ3) is 3.87. The second-order valence-electron chi connectivity index (χ2n) is 7.28. The van der Waals surface area contributed by atoms with E-state index in [1.54, 1.807) is 19.1 Å². The van der Waals surface area contributed by atoms with E-state index in [1.807, 2.05) is 13.8 Å². The monoisotopic (exact) mass is 386 g/mol. The highest BCUT2D eigenvalue weighted by Gasteiger charge is 2.30. The molecule has 1 aliphatic heterocycles. The largest absolute Gasteiger partial charge is 0.462 e. The first-order valence-electron chi connectivity index (χ1n) is 9.83. The minimum absolute atomic E-state index is 0.0546. The van der Waals surface area contributed by atoms with E-state index < -0.39 is 5.97 Å². The average molecular weight is 386 g/mol. The Labute approximate surface area is 165 Å². The summed E-state index contributed by atoms with van der Waals surface area (Å²) in [6.07, 6.45) is 2.07. The number of anilines is 1. The number of carbonyl (C=O) groups excluding carboxylic acids is 1. The second kappa shape index (κ2) is 8.69. The predicted molar refractivity (Wildman–Crippen MR) is 107 cm³/mol. The van der Waals surface area contributed by atoms with Gasteiger partial charge in [-0.2, -0.15) is 0 Å². The molecule has 0 spiro atoms. The van der Waals surface area contributed by atoms with Gasteiger partial charge in [0.2, 0.25) is 0 Å². The van der Waals surface area contributed by atoms with E-state index in [0.29, 0.717) is 28.1 Å². The van der Waals surface area contributed by atoms with Gasteiger partial charge in [0, 0.05) is 24.2 Å². The zero-order chi connectivity index (χ0) is 20.3. The highest BCUT2D eigenvalue weighted by atomic mass is 19.1. The van der Waals surface area contributed by atoms with Crippen molar-refractivity contribution in [2.75, 3.05) is 24.6 Å². The minimum atomic E-state index is -0.471. The van der Waals surface area contributed by atoms with Crippen LogP contribution in [0.2, 0.25) is 0 Å². The lowest BCUT2D eigenvalue weighted by Crippen LogP contribution is -2.25. The fourth-order valence-corrected chi connectivity index (χ4v) is 3.76. The maximum absolute atomic E-state index is 13.5. The standard InChI is InChI=1S/C22H27FN2O3/c1-4-28-22(27)19-18(15-7-9-16(23)10-8-15)17(13-26)20(14(2)3)24-21(19)25-11-5-6-12-25/h7-10,14,26H,4-6,11-13H2,1-3H3. The van der Waals surface area contributed by atoms with Crippen LogP contribution in [0.25, 0.3) is 11.1 Å². The fraction of sp³-hybridized carbons (Fsp3) is 0.455. The van der Waals surface area contributed by atoms with Crippen LogP contribution in [0.3, 0.4) is 0 Å². The van der Waals surface area contributed by atoms with Gasteiger partial charge in [-0.15, -0.1) is 0 Å². The zero-order valence-electron chi connectivity index (χ0n) is 16.7. The Morgan fingerprint density at radius 1 is 1.25 bits per heavy atom. The van der Waals surface area contributed by atoms with E-state index in [-0.39, 0.29) is 24.9 Å². The zero-order valence-corrected chi connectivity index (χ0v) is 16.7. The molecule has 1 aliphatic rings. The van der Waals surface area contributed by atoms with Gasteiger partial charge in [0.15, 0.2) is 0 Å². The van der Waals surface area contributed by atoms with Crippen molar-refractivity contribution in [1.29, 1.82) is 0 Å². The fourth-order valence-electron chi connectivity index (χ4n) is 3.76. The van der Waals surface area contributed by atoms with Crippen LogP contribution in [0.1, 0.15) is 61.1 Å². The molecule has 0 bridgehead atoms. The van der Waals surface area contributed by atoms with Crippen molar-refractivity contribution in [3.05, 3.63) is 46.9 Å². The predicted octanol–water partition coefficient (Wildman–Crippen LogP) is 4.28. The highest BCUT2D eigenvalue weighted by Crippen LogP contribution is 2.39. The number of pyridine rings is 1. The van der Waals surface area contributed by atoms with Gasteiger partial charge in [0.25, 0.3) is 0 Å². The number of aromatic nitrogens is 1. The number of rotatable bonds is 6. The molecule has 5 nitrogen and oxygen atoms in total. The Morgan fingerprint density at radius 3 is 2.43 bits per heavy atom. The molecule has 0 unspecified atom stereocenters. The number of esters is 1. The van der Waals surface area contributed by atoms with Crippen LogP contribution in [-0.2, 0) is 11.3 Å². The summed E-state index contributed by atoms with van der Waals surface area (Å²) >= 11 is 0. The first-order chi connectivity index (χ1) is 13.5. The number of carbonyl (C=O) groups is 1. The summed E-state index contributed by atoms with van der Waals surface area (Å²) in [5, 5.41) is 10.2. The summed E-state index contributed by atoms with van der Waals surface area (Å²) < 4.78 is 18.9. The van der Waals surface area contributed by atoms with Crippen LogP contribution in [0, 0.1) is 5.82 Å². The molecule has 0 atom stereocenters. The molecule has 1 aromatic carbocycles. The molecule has 1 aromatic heterocycles. The highest BCUT2D eigenvalue weighted by molar-refractivity contribution is 6.03. The van der Waals surface area contributed by atoms with E-state index in [9.17, 15) is 14.3 Å². The molecule has 1 N–H and O–H groups in total. The molecule has 2 heterocycles. The smallest absolute Gasteiger partial charge is 0.342 e. The molecule has 0 saturated carbocycles. The molecule has 2 aromatic rings. The van der Waals surface area contributed by atoms with Gasteiger partial charge in [-0.1, -0.05) is 26.0 Å². The van der Waals surface area contributed by atoms with Gasteiger partial charge >= 0.3 is 5.97 Å². The van der Waals surface area contributed by atoms with E-state index in [2.05, 4.69) is 4.90 Å². The lowest BCUT2D eigenvalue weighted by molar-refractivity contribution is 0.0527. The number of ether oxygens (including phenoxy) is 1. The van der Waals surface area contributed by atoms with Crippen LogP contribution < -0.4 is 4.90 Å². The maximum Gasteiger partial charge on any atom is 0.342 e. The molecule has 28 heavy (non-hydrogen) atoms. The van der Waals surface area contributed by atoms with Crippen molar-refractivity contribution >= 4 is 11.8 Å². The van der Waals surface area contributed by atoms with Crippen LogP contribution in [0.15, 0.2) is 24.3 Å². The number of aliphatic hydroxyl groups excluding tert-OH is 1. The van der Waals surface area contributed by atoms with Crippen LogP contribution in [-0.4, -0.2) is 35.8 Å². The number of nitrogens with zero attached hydrogens (tertiary/aromatic N) is 2. The van der Waals surface area contributed by atoms with Gasteiger partial charge < -0.3 is 14.7 Å². The Kier molecular flexibility index (Phi) is 6.29. The topological polar surface area (TPSA) is 62.7 Å². The van der Waals surface area contributed by atoms with Gasteiger partial charge in [0.1, 0.15) is 17.2 Å². The SMILES string of the molecule is CCOC(=O)c1c(N2CCCC2)nc(C(C)C)c(CO)c1-c1ccc(F)cc1. The molecule has 150 valence electrons. The van der Waals surface area contributed by atoms with Gasteiger partial charge in [0.05, 0.1) is 18.9 Å². The van der Waals surface area contributed by atoms with Gasteiger partial charge in [-0.25, -0.2) is 14.2 Å². The summed E-state index contributed by atoms with van der Waals surface area (Å²) in [6, 6.07) is 5.97. The molecule has 0 radical (unpaired) electrons. The lowest BCUT2D eigenvalue weighted by Gasteiger charge is -2.26. The number of aliphatic hydroxyl groups is 1. The van der Waals surface area contributed by atoms with E-state index in [4.69, 9.17) is 9.72 Å². The molecule has 6 heteroatoms. The average Bonchev–Trinajstić information content (AvgIpc) is 3.21. The van der Waals surface area contributed by atoms with Crippen molar-refractivity contribution in [3.8, 4) is 11.1 Å². The lowest BCUT2D eigenvalue weighted by atomic mass is 9.90. The van der Waals surface area contributed by atoms with E-state index in [1.165, 1.54) is 12.1 Å². The first kappa shape index (κ1) is 20.3. The summed E-state index contributed by atoms with van der Waals surface area (Å²) in [5.74, 6) is -0.179. The van der Waals surface area contributed by atoms with Crippen LogP contribution in [0.4, 0.5) is 10.2 Å². The molecule has 0 aliphatic carbocycles. The Balaban J connectivity index is 2.36. The molecular formula is C22H27FN2O3. The van der Waals surface area contributed by atoms with Crippen molar-refractivity contribution in [2.45, 2.75) is 46.1 Å². The maximum atomic E-state index is 13.5. The van der Waals surface area contributed by atoms with E-state index in [0.717, 1.165) is 31.6 Å². The molecule has 3 rings (SSSR count). The van der Waals surface area contributed by atoms with Crippen molar-refractivity contribution in [2.24, 2.45) is 0 Å². The third-order valence-electron chi connectivity index (χ3n) is 5.03. The molecule has 1 fully saturated rings. The van der Waals surface area contributed by atoms with Crippen LogP contribution in [0.5, 0.6) is 0 Å². The van der Waals surface area contributed by atoms with Crippen molar-refractivity contribution in [1.82, 2.24) is 4.98 Å². The summed E-state index contributed by atoms with van der Waals surface area (Å²) in [7, 11) is 0. The van der Waals surface area contributed by atoms with Gasteiger partial charge in [-0.05, 0) is 43.4 Å². The molecule has 1 saturated heterocycles. The van der Waals surface area contributed by atoms with E-state index >= 15 is 0 Å². The second-order valence-corrected chi connectivity index (χ2v) is 7.28. The summed E-state index contributed by atoms with van der Waals surface area (Å²) in [5.41, 5.74) is 2.94.